The second-order valence-corrected chi connectivity index (χ2v) is 6.35. The molecular weight excluding hydrogens is 244 g/mol. The Hall–Kier alpha value is -0.650. The lowest BCUT2D eigenvalue weighted by atomic mass is 10.3. The van der Waals surface area contributed by atoms with Gasteiger partial charge in [-0.1, -0.05) is 0 Å². The summed E-state index contributed by atoms with van der Waals surface area (Å²) in [6.07, 6.45) is 4.86. The van der Waals surface area contributed by atoms with Crippen molar-refractivity contribution in [2.75, 3.05) is 38.1 Å². The van der Waals surface area contributed by atoms with Crippen molar-refractivity contribution >= 4 is 16.5 Å². The van der Waals surface area contributed by atoms with E-state index in [9.17, 15) is 0 Å². The molecule has 1 aliphatic heterocycles. The van der Waals surface area contributed by atoms with Gasteiger partial charge in [0.2, 0.25) is 0 Å². The second kappa shape index (κ2) is 5.15. The van der Waals surface area contributed by atoms with Crippen molar-refractivity contribution in [1.29, 1.82) is 0 Å². The zero-order chi connectivity index (χ0) is 12.5. The van der Waals surface area contributed by atoms with Crippen LogP contribution in [0.1, 0.15) is 30.7 Å². The van der Waals surface area contributed by atoms with Crippen LogP contribution in [0.15, 0.2) is 6.20 Å². The van der Waals surface area contributed by atoms with Gasteiger partial charge in [0.15, 0.2) is 5.13 Å². The Kier molecular flexibility index (Phi) is 3.54. The smallest absolute Gasteiger partial charge is 0.185 e. The number of thiazole rings is 1. The summed E-state index contributed by atoms with van der Waals surface area (Å²) >= 11 is 1.83. The predicted octanol–water partition coefficient (Wildman–Crippen LogP) is 1.71. The second-order valence-electron chi connectivity index (χ2n) is 5.31. The van der Waals surface area contributed by atoms with Gasteiger partial charge in [-0.15, -0.1) is 11.3 Å². The van der Waals surface area contributed by atoms with E-state index in [1.165, 1.54) is 35.9 Å². The molecule has 0 bridgehead atoms. The summed E-state index contributed by atoms with van der Waals surface area (Å²) in [4.78, 5) is 11.0. The zero-order valence-electron chi connectivity index (χ0n) is 11.2. The molecule has 5 heteroatoms. The van der Waals surface area contributed by atoms with Gasteiger partial charge >= 0.3 is 0 Å². The molecule has 0 spiro atoms. The normalized spacial score (nSPS) is 23.3. The van der Waals surface area contributed by atoms with Crippen LogP contribution in [-0.2, 0) is 0 Å². The lowest BCUT2D eigenvalue weighted by molar-refractivity contribution is 0.248. The maximum absolute atomic E-state index is 4.58. The van der Waals surface area contributed by atoms with Crippen LogP contribution < -0.4 is 10.2 Å². The van der Waals surface area contributed by atoms with Gasteiger partial charge in [0, 0.05) is 49.3 Å². The minimum atomic E-state index is 0.406. The topological polar surface area (TPSA) is 31.4 Å². The third kappa shape index (κ3) is 2.53. The van der Waals surface area contributed by atoms with Crippen LogP contribution in [0.25, 0.3) is 0 Å². The quantitative estimate of drug-likeness (QED) is 0.899. The van der Waals surface area contributed by atoms with Crippen molar-refractivity contribution in [3.8, 4) is 0 Å². The SMILES string of the molecule is CNC(C)c1cnc(N2CCN(C3CC3)CC2)s1. The first-order valence-electron chi connectivity index (χ1n) is 6.90. The molecule has 1 aliphatic carbocycles. The van der Waals surface area contributed by atoms with Crippen LogP contribution in [-0.4, -0.2) is 49.2 Å². The standard InChI is InChI=1S/C13H22N4S/c1-10(14-2)12-9-15-13(18-12)17-7-5-16(6-8-17)11-3-4-11/h9-11,14H,3-8H2,1-2H3. The Morgan fingerprint density at radius 3 is 2.67 bits per heavy atom. The number of rotatable bonds is 4. The van der Waals surface area contributed by atoms with E-state index in [2.05, 4.69) is 27.0 Å². The molecule has 100 valence electrons. The fraction of sp³-hybridized carbons (Fsp3) is 0.769. The van der Waals surface area contributed by atoms with E-state index in [4.69, 9.17) is 0 Å². The molecule has 1 saturated heterocycles. The highest BCUT2D eigenvalue weighted by molar-refractivity contribution is 7.15. The van der Waals surface area contributed by atoms with Crippen molar-refractivity contribution in [1.82, 2.24) is 15.2 Å². The molecule has 18 heavy (non-hydrogen) atoms. The number of nitrogens with zero attached hydrogens (tertiary/aromatic N) is 3. The lowest BCUT2D eigenvalue weighted by Crippen LogP contribution is -2.47. The molecule has 3 rings (SSSR count). The van der Waals surface area contributed by atoms with Crippen molar-refractivity contribution in [3.63, 3.8) is 0 Å². The molecular formula is C13H22N4S. The molecule has 2 heterocycles. The molecule has 1 saturated carbocycles. The van der Waals surface area contributed by atoms with E-state index >= 15 is 0 Å². The first kappa shape index (κ1) is 12.4. The van der Waals surface area contributed by atoms with Crippen LogP contribution in [0, 0.1) is 0 Å². The van der Waals surface area contributed by atoms with Gasteiger partial charge in [0.25, 0.3) is 0 Å². The Bertz CT molecular complexity index is 393. The van der Waals surface area contributed by atoms with Crippen LogP contribution in [0.5, 0.6) is 0 Å². The lowest BCUT2D eigenvalue weighted by Gasteiger charge is -2.34. The summed E-state index contributed by atoms with van der Waals surface area (Å²) in [6, 6.07) is 1.31. The van der Waals surface area contributed by atoms with Crippen LogP contribution >= 0.6 is 11.3 Å². The van der Waals surface area contributed by atoms with E-state index < -0.39 is 0 Å². The van der Waals surface area contributed by atoms with Crippen LogP contribution in [0.3, 0.4) is 0 Å². The van der Waals surface area contributed by atoms with Gasteiger partial charge in [-0.3, -0.25) is 4.90 Å². The summed E-state index contributed by atoms with van der Waals surface area (Å²) in [7, 11) is 2.00. The minimum absolute atomic E-state index is 0.406. The summed E-state index contributed by atoms with van der Waals surface area (Å²) in [5.74, 6) is 0. The highest BCUT2D eigenvalue weighted by atomic mass is 32.1. The first-order chi connectivity index (χ1) is 8.78. The summed E-state index contributed by atoms with van der Waals surface area (Å²) in [5, 5.41) is 4.47. The van der Waals surface area contributed by atoms with Crippen molar-refractivity contribution in [2.24, 2.45) is 0 Å². The minimum Gasteiger partial charge on any atom is -0.346 e. The summed E-state index contributed by atoms with van der Waals surface area (Å²) in [6.45, 7) is 6.87. The van der Waals surface area contributed by atoms with Crippen molar-refractivity contribution in [2.45, 2.75) is 31.8 Å². The number of hydrogen-bond acceptors (Lipinski definition) is 5. The number of aromatic nitrogens is 1. The molecule has 1 unspecified atom stereocenters. The average molecular weight is 266 g/mol. The molecule has 1 atom stereocenters. The van der Waals surface area contributed by atoms with Crippen molar-refractivity contribution < 1.29 is 0 Å². The number of anilines is 1. The number of nitrogens with one attached hydrogen (secondary N) is 1. The molecule has 0 aromatic carbocycles. The molecule has 0 amide bonds. The van der Waals surface area contributed by atoms with E-state index in [0.29, 0.717) is 6.04 Å². The molecule has 1 aromatic rings. The van der Waals surface area contributed by atoms with Gasteiger partial charge in [-0.2, -0.15) is 0 Å². The van der Waals surface area contributed by atoms with Crippen LogP contribution in [0.4, 0.5) is 5.13 Å². The Labute approximate surface area is 113 Å². The van der Waals surface area contributed by atoms with Gasteiger partial charge in [0.05, 0.1) is 0 Å². The molecule has 2 fully saturated rings. The van der Waals surface area contributed by atoms with E-state index in [1.807, 2.05) is 24.6 Å². The maximum Gasteiger partial charge on any atom is 0.185 e. The molecule has 2 aliphatic rings. The highest BCUT2D eigenvalue weighted by Gasteiger charge is 2.31. The van der Waals surface area contributed by atoms with Crippen molar-refractivity contribution in [3.05, 3.63) is 11.1 Å². The Morgan fingerprint density at radius 1 is 1.33 bits per heavy atom. The summed E-state index contributed by atoms with van der Waals surface area (Å²) < 4.78 is 0. The molecule has 1 aromatic heterocycles. The first-order valence-corrected chi connectivity index (χ1v) is 7.71. The monoisotopic (exact) mass is 266 g/mol. The van der Waals surface area contributed by atoms with Crippen LogP contribution in [0.2, 0.25) is 0 Å². The molecule has 0 radical (unpaired) electrons. The third-order valence-corrected chi connectivity index (χ3v) is 5.26. The van der Waals surface area contributed by atoms with E-state index in [0.717, 1.165) is 19.1 Å². The largest absolute Gasteiger partial charge is 0.346 e. The Balaban J connectivity index is 1.59. The predicted molar refractivity (Wildman–Crippen MR) is 76.4 cm³/mol. The average Bonchev–Trinajstić information content (AvgIpc) is 3.15. The maximum atomic E-state index is 4.58. The van der Waals surface area contributed by atoms with Gasteiger partial charge in [-0.05, 0) is 26.8 Å². The van der Waals surface area contributed by atoms with Gasteiger partial charge < -0.3 is 10.2 Å². The van der Waals surface area contributed by atoms with E-state index in [1.54, 1.807) is 0 Å². The fourth-order valence-electron chi connectivity index (χ4n) is 2.48. The van der Waals surface area contributed by atoms with E-state index in [-0.39, 0.29) is 0 Å². The molecule has 1 N–H and O–H groups in total. The van der Waals surface area contributed by atoms with Gasteiger partial charge in [-0.25, -0.2) is 4.98 Å². The summed E-state index contributed by atoms with van der Waals surface area (Å²) in [5.41, 5.74) is 0. The Morgan fingerprint density at radius 2 is 2.06 bits per heavy atom. The third-order valence-electron chi connectivity index (χ3n) is 4.02. The number of hydrogen-bond donors (Lipinski definition) is 1. The molecule has 4 nitrogen and oxygen atoms in total. The zero-order valence-corrected chi connectivity index (χ0v) is 12.0. The highest BCUT2D eigenvalue weighted by Crippen LogP contribution is 2.30. The fourth-order valence-corrected chi connectivity index (χ4v) is 3.51. The van der Waals surface area contributed by atoms with Gasteiger partial charge in [0.1, 0.15) is 0 Å². The number of piperazine rings is 1.